The van der Waals surface area contributed by atoms with Gasteiger partial charge in [-0.25, -0.2) is 9.78 Å². The molecule has 0 bridgehead atoms. The minimum Gasteiger partial charge on any atom is -0.305 e. The predicted molar refractivity (Wildman–Crippen MR) is 73.2 cm³/mol. The van der Waals surface area contributed by atoms with Gasteiger partial charge in [0.1, 0.15) is 6.33 Å². The lowest BCUT2D eigenvalue weighted by Crippen LogP contribution is -2.18. The highest BCUT2D eigenvalue weighted by Crippen LogP contribution is 2.32. The maximum Gasteiger partial charge on any atom is 0.331 e. The number of nitrogens with zero attached hydrogens (tertiary/aromatic N) is 2. The van der Waals surface area contributed by atoms with E-state index in [1.54, 1.807) is 12.4 Å². The lowest BCUT2D eigenvalue weighted by atomic mass is 10.2. The zero-order chi connectivity index (χ0) is 12.4. The van der Waals surface area contributed by atoms with E-state index >= 15 is 0 Å². The van der Waals surface area contributed by atoms with Crippen LogP contribution in [0.3, 0.4) is 0 Å². The van der Waals surface area contributed by atoms with E-state index in [4.69, 9.17) is 0 Å². The van der Waals surface area contributed by atoms with Gasteiger partial charge >= 0.3 is 6.03 Å². The highest BCUT2D eigenvalue weighted by Gasteiger charge is 2.10. The number of rotatable bonds is 1. The van der Waals surface area contributed by atoms with Crippen molar-refractivity contribution in [1.29, 1.82) is 0 Å². The van der Waals surface area contributed by atoms with Crippen molar-refractivity contribution in [2.45, 2.75) is 6.92 Å². The van der Waals surface area contributed by atoms with Crippen molar-refractivity contribution in [3.8, 4) is 0 Å². The largest absolute Gasteiger partial charge is 0.331 e. The molecule has 0 fully saturated rings. The van der Waals surface area contributed by atoms with Crippen LogP contribution in [-0.4, -0.2) is 15.6 Å². The number of hydrogen-bond donors (Lipinski definition) is 1. The molecule has 17 heavy (non-hydrogen) atoms. The minimum absolute atomic E-state index is 0.257. The fourth-order valence-corrected chi connectivity index (χ4v) is 2.98. The Hall–Kier alpha value is -1.14. The van der Waals surface area contributed by atoms with Gasteiger partial charge in [-0.3, -0.25) is 4.57 Å². The number of halogens is 2. The van der Waals surface area contributed by atoms with E-state index in [1.165, 1.54) is 10.9 Å². The van der Waals surface area contributed by atoms with Crippen molar-refractivity contribution in [1.82, 2.24) is 9.55 Å². The fraction of sp³-hybridized carbons (Fsp3) is 0.0909. The number of amides is 1. The lowest BCUT2D eigenvalue weighted by Gasteiger charge is -2.10. The number of nitrogens with one attached hydrogen (secondary N) is 1. The molecule has 0 aliphatic heterocycles. The molecule has 0 radical (unpaired) electrons. The summed E-state index contributed by atoms with van der Waals surface area (Å²) in [6.07, 6.45) is 4.59. The summed E-state index contributed by atoms with van der Waals surface area (Å²) >= 11 is 6.84. The number of hydrogen-bond acceptors (Lipinski definition) is 2. The van der Waals surface area contributed by atoms with Crippen LogP contribution in [0.4, 0.5) is 10.5 Å². The Kier molecular flexibility index (Phi) is 3.63. The quantitative estimate of drug-likeness (QED) is 0.842. The van der Waals surface area contributed by atoms with Crippen LogP contribution in [0.25, 0.3) is 0 Å². The maximum atomic E-state index is 11.8. The van der Waals surface area contributed by atoms with Gasteiger partial charge in [-0.05, 0) is 56.5 Å². The molecular weight excluding hydrogens is 350 g/mol. The summed E-state index contributed by atoms with van der Waals surface area (Å²) < 4.78 is 3.04. The van der Waals surface area contributed by atoms with Gasteiger partial charge < -0.3 is 5.32 Å². The first-order chi connectivity index (χ1) is 8.08. The van der Waals surface area contributed by atoms with Crippen molar-refractivity contribution in [3.05, 3.63) is 45.4 Å². The molecule has 0 atom stereocenters. The van der Waals surface area contributed by atoms with Crippen LogP contribution in [0.5, 0.6) is 0 Å². The van der Waals surface area contributed by atoms with E-state index in [9.17, 15) is 4.79 Å². The Bertz CT molecular complexity index is 529. The van der Waals surface area contributed by atoms with Crippen LogP contribution in [0.15, 0.2) is 39.8 Å². The van der Waals surface area contributed by atoms with E-state index < -0.39 is 0 Å². The van der Waals surface area contributed by atoms with E-state index in [1.807, 2.05) is 19.1 Å². The summed E-state index contributed by atoms with van der Waals surface area (Å²) in [5.41, 5.74) is 1.80. The highest BCUT2D eigenvalue weighted by molar-refractivity contribution is 9.11. The zero-order valence-electron chi connectivity index (χ0n) is 8.95. The molecule has 1 aromatic carbocycles. The molecule has 6 heteroatoms. The average Bonchev–Trinajstić information content (AvgIpc) is 2.76. The number of benzene rings is 1. The van der Waals surface area contributed by atoms with Crippen LogP contribution < -0.4 is 5.32 Å². The standard InChI is InChI=1S/C11H9Br2N3O/c1-7-4-8(12)10(9(13)5-7)15-11(17)16-3-2-14-6-16/h2-6H,1H3,(H,15,17). The molecule has 1 heterocycles. The molecule has 0 spiro atoms. The molecule has 4 nitrogen and oxygen atoms in total. The molecule has 1 N–H and O–H groups in total. The van der Waals surface area contributed by atoms with Crippen molar-refractivity contribution in [3.63, 3.8) is 0 Å². The maximum absolute atomic E-state index is 11.8. The number of aryl methyl sites for hydroxylation is 1. The van der Waals surface area contributed by atoms with Crippen LogP contribution >= 0.6 is 31.9 Å². The summed E-state index contributed by atoms with van der Waals surface area (Å²) in [4.78, 5) is 15.7. The monoisotopic (exact) mass is 357 g/mol. The van der Waals surface area contributed by atoms with Gasteiger partial charge in [0.25, 0.3) is 0 Å². The van der Waals surface area contributed by atoms with Gasteiger partial charge in [0.15, 0.2) is 0 Å². The molecule has 1 aromatic heterocycles. The molecule has 1 amide bonds. The highest BCUT2D eigenvalue weighted by atomic mass is 79.9. The van der Waals surface area contributed by atoms with Gasteiger partial charge in [-0.1, -0.05) is 0 Å². The normalized spacial score (nSPS) is 10.3. The zero-order valence-corrected chi connectivity index (χ0v) is 12.1. The van der Waals surface area contributed by atoms with Crippen LogP contribution in [0.2, 0.25) is 0 Å². The minimum atomic E-state index is -0.257. The Morgan fingerprint density at radius 1 is 1.35 bits per heavy atom. The molecular formula is C11H9Br2N3O. The van der Waals surface area contributed by atoms with Crippen LogP contribution in [0.1, 0.15) is 5.56 Å². The van der Waals surface area contributed by atoms with Gasteiger partial charge in [-0.2, -0.15) is 0 Å². The van der Waals surface area contributed by atoms with E-state index in [2.05, 4.69) is 42.2 Å². The van der Waals surface area contributed by atoms with Gasteiger partial charge in [0, 0.05) is 21.3 Å². The molecule has 0 saturated heterocycles. The Morgan fingerprint density at radius 3 is 2.53 bits per heavy atom. The number of aromatic nitrogens is 2. The predicted octanol–water partition coefficient (Wildman–Crippen LogP) is 3.80. The van der Waals surface area contributed by atoms with Crippen molar-refractivity contribution in [2.75, 3.05) is 5.32 Å². The van der Waals surface area contributed by atoms with Crippen molar-refractivity contribution in [2.24, 2.45) is 0 Å². The van der Waals surface area contributed by atoms with Crippen molar-refractivity contribution < 1.29 is 4.79 Å². The first kappa shape index (κ1) is 12.3. The molecule has 0 saturated carbocycles. The SMILES string of the molecule is Cc1cc(Br)c(NC(=O)n2ccnc2)c(Br)c1. The first-order valence-corrected chi connectivity index (χ1v) is 6.41. The Morgan fingerprint density at radius 2 is 2.00 bits per heavy atom. The summed E-state index contributed by atoms with van der Waals surface area (Å²) in [7, 11) is 0. The third-order valence-corrected chi connectivity index (χ3v) is 3.41. The summed E-state index contributed by atoms with van der Waals surface area (Å²) in [5, 5.41) is 2.80. The van der Waals surface area contributed by atoms with Crippen LogP contribution in [-0.2, 0) is 0 Å². The third kappa shape index (κ3) is 2.76. The summed E-state index contributed by atoms with van der Waals surface area (Å²) in [6, 6.07) is 3.62. The summed E-state index contributed by atoms with van der Waals surface area (Å²) in [5.74, 6) is 0. The second kappa shape index (κ2) is 5.01. The molecule has 2 aromatic rings. The number of carbonyl (C=O) groups is 1. The number of carbonyl (C=O) groups excluding carboxylic acids is 1. The Labute approximate surface area is 115 Å². The smallest absolute Gasteiger partial charge is 0.305 e. The number of imidazole rings is 1. The van der Waals surface area contributed by atoms with Gasteiger partial charge in [0.2, 0.25) is 0 Å². The molecule has 0 unspecified atom stereocenters. The second-order valence-corrected chi connectivity index (χ2v) is 5.21. The van der Waals surface area contributed by atoms with E-state index in [-0.39, 0.29) is 6.03 Å². The molecule has 2 rings (SSSR count). The average molecular weight is 359 g/mol. The summed E-state index contributed by atoms with van der Waals surface area (Å²) in [6.45, 7) is 1.98. The topological polar surface area (TPSA) is 46.9 Å². The fourth-order valence-electron chi connectivity index (χ4n) is 1.37. The van der Waals surface area contributed by atoms with E-state index in [0.717, 1.165) is 14.5 Å². The Balaban J connectivity index is 2.28. The van der Waals surface area contributed by atoms with Crippen LogP contribution in [0, 0.1) is 6.92 Å². The van der Waals surface area contributed by atoms with Gasteiger partial charge in [0.05, 0.1) is 5.69 Å². The number of anilines is 1. The van der Waals surface area contributed by atoms with E-state index in [0.29, 0.717) is 5.69 Å². The molecule has 88 valence electrons. The third-order valence-electron chi connectivity index (χ3n) is 2.16. The first-order valence-electron chi connectivity index (χ1n) is 4.83. The molecule has 0 aliphatic rings. The molecule has 0 aliphatic carbocycles. The lowest BCUT2D eigenvalue weighted by molar-refractivity contribution is 0.253. The van der Waals surface area contributed by atoms with Gasteiger partial charge in [-0.15, -0.1) is 0 Å². The second-order valence-electron chi connectivity index (χ2n) is 3.50. The van der Waals surface area contributed by atoms with Crippen molar-refractivity contribution >= 4 is 43.6 Å².